The first-order valence-corrected chi connectivity index (χ1v) is 6.69. The van der Waals surface area contributed by atoms with Gasteiger partial charge in [-0.1, -0.05) is 13.8 Å². The minimum atomic E-state index is 0.221. The molecule has 0 heterocycles. The van der Waals surface area contributed by atoms with Crippen LogP contribution in [0.3, 0.4) is 0 Å². The molecular weight excluding hydrogens is 200 g/mol. The first kappa shape index (κ1) is 11.9. The van der Waals surface area contributed by atoms with E-state index in [1.54, 1.807) is 0 Å². The standard InChI is InChI=1S/C13H24N2O/c1-9-3-6-12(10(9)2)15-13(16)7-8-14-11-4-5-11/h9-12,14H,3-8H2,1-2H3,(H,15,16). The van der Waals surface area contributed by atoms with E-state index in [0.717, 1.165) is 18.9 Å². The molecule has 2 N–H and O–H groups in total. The van der Waals surface area contributed by atoms with Crippen LogP contribution < -0.4 is 10.6 Å². The van der Waals surface area contributed by atoms with Crippen LogP contribution in [0.1, 0.15) is 46.0 Å². The van der Waals surface area contributed by atoms with Gasteiger partial charge in [-0.15, -0.1) is 0 Å². The van der Waals surface area contributed by atoms with Gasteiger partial charge in [-0.3, -0.25) is 4.79 Å². The molecule has 1 amide bonds. The summed E-state index contributed by atoms with van der Waals surface area (Å²) in [6.07, 6.45) is 5.63. The maximum absolute atomic E-state index is 11.7. The summed E-state index contributed by atoms with van der Waals surface area (Å²) in [4.78, 5) is 11.7. The average molecular weight is 224 g/mol. The molecule has 3 nitrogen and oxygen atoms in total. The van der Waals surface area contributed by atoms with Gasteiger partial charge < -0.3 is 10.6 Å². The molecule has 0 aliphatic heterocycles. The number of rotatable bonds is 5. The molecule has 0 radical (unpaired) electrons. The third kappa shape index (κ3) is 3.21. The van der Waals surface area contributed by atoms with Crippen molar-refractivity contribution in [1.82, 2.24) is 10.6 Å². The predicted molar refractivity (Wildman–Crippen MR) is 65.1 cm³/mol. The number of hydrogen-bond donors (Lipinski definition) is 2. The number of amides is 1. The Labute approximate surface area is 98.4 Å². The zero-order chi connectivity index (χ0) is 11.5. The van der Waals surface area contributed by atoms with Gasteiger partial charge in [-0.2, -0.15) is 0 Å². The van der Waals surface area contributed by atoms with E-state index >= 15 is 0 Å². The normalized spacial score (nSPS) is 34.0. The maximum Gasteiger partial charge on any atom is 0.221 e. The summed E-state index contributed by atoms with van der Waals surface area (Å²) in [6, 6.07) is 1.13. The zero-order valence-electron chi connectivity index (χ0n) is 10.5. The molecule has 3 heteroatoms. The second-order valence-corrected chi connectivity index (χ2v) is 5.57. The molecule has 3 unspecified atom stereocenters. The first-order chi connectivity index (χ1) is 7.66. The van der Waals surface area contributed by atoms with Crippen LogP contribution in [0.2, 0.25) is 0 Å². The van der Waals surface area contributed by atoms with Crippen molar-refractivity contribution in [2.75, 3.05) is 6.54 Å². The van der Waals surface area contributed by atoms with Crippen LogP contribution >= 0.6 is 0 Å². The Hall–Kier alpha value is -0.570. The Kier molecular flexibility index (Phi) is 3.85. The smallest absolute Gasteiger partial charge is 0.221 e. The summed E-state index contributed by atoms with van der Waals surface area (Å²) in [5.74, 6) is 1.62. The fourth-order valence-electron chi connectivity index (χ4n) is 2.52. The summed E-state index contributed by atoms with van der Waals surface area (Å²) < 4.78 is 0. The molecule has 0 spiro atoms. The Bertz CT molecular complexity index is 250. The minimum Gasteiger partial charge on any atom is -0.353 e. The molecule has 2 saturated carbocycles. The first-order valence-electron chi connectivity index (χ1n) is 6.69. The second kappa shape index (κ2) is 5.17. The summed E-state index contributed by atoms with van der Waals surface area (Å²) in [6.45, 7) is 5.38. The number of nitrogens with one attached hydrogen (secondary N) is 2. The molecule has 92 valence electrons. The van der Waals surface area contributed by atoms with Crippen molar-refractivity contribution in [1.29, 1.82) is 0 Å². The van der Waals surface area contributed by atoms with Gasteiger partial charge in [0.15, 0.2) is 0 Å². The molecule has 0 saturated heterocycles. The summed E-state index contributed by atoms with van der Waals surface area (Å²) >= 11 is 0. The molecule has 0 bridgehead atoms. The van der Waals surface area contributed by atoms with Crippen LogP contribution in [0.15, 0.2) is 0 Å². The van der Waals surface area contributed by atoms with Gasteiger partial charge in [0.25, 0.3) is 0 Å². The van der Waals surface area contributed by atoms with Crippen molar-refractivity contribution >= 4 is 5.91 Å². The second-order valence-electron chi connectivity index (χ2n) is 5.57. The predicted octanol–water partition coefficient (Wildman–Crippen LogP) is 1.68. The van der Waals surface area contributed by atoms with E-state index < -0.39 is 0 Å². The van der Waals surface area contributed by atoms with Gasteiger partial charge >= 0.3 is 0 Å². The van der Waals surface area contributed by atoms with Crippen LogP contribution in [0, 0.1) is 11.8 Å². The van der Waals surface area contributed by atoms with E-state index in [9.17, 15) is 4.79 Å². The van der Waals surface area contributed by atoms with Crippen LogP contribution in [-0.2, 0) is 4.79 Å². The fraction of sp³-hybridized carbons (Fsp3) is 0.923. The van der Waals surface area contributed by atoms with Gasteiger partial charge in [0, 0.05) is 25.0 Å². The lowest BCUT2D eigenvalue weighted by Crippen LogP contribution is -2.38. The maximum atomic E-state index is 11.7. The zero-order valence-corrected chi connectivity index (χ0v) is 10.5. The summed E-state index contributed by atoms with van der Waals surface area (Å²) in [5.41, 5.74) is 0. The van der Waals surface area contributed by atoms with E-state index in [0.29, 0.717) is 24.4 Å². The lowest BCUT2D eigenvalue weighted by atomic mass is 9.98. The van der Waals surface area contributed by atoms with Gasteiger partial charge in [-0.25, -0.2) is 0 Å². The highest BCUT2D eigenvalue weighted by atomic mass is 16.1. The molecule has 0 aromatic heterocycles. The molecule has 2 aliphatic carbocycles. The lowest BCUT2D eigenvalue weighted by molar-refractivity contribution is -0.121. The monoisotopic (exact) mass is 224 g/mol. The molecule has 2 rings (SSSR count). The summed E-state index contributed by atoms with van der Waals surface area (Å²) in [5, 5.41) is 6.55. The van der Waals surface area contributed by atoms with Gasteiger partial charge in [0.1, 0.15) is 0 Å². The van der Waals surface area contributed by atoms with E-state index in [-0.39, 0.29) is 5.91 Å². The fourth-order valence-corrected chi connectivity index (χ4v) is 2.52. The van der Waals surface area contributed by atoms with Crippen molar-refractivity contribution in [3.63, 3.8) is 0 Å². The van der Waals surface area contributed by atoms with Crippen molar-refractivity contribution in [2.24, 2.45) is 11.8 Å². The Morgan fingerprint density at radius 1 is 1.19 bits per heavy atom. The molecule has 2 aliphatic rings. The molecule has 3 atom stereocenters. The van der Waals surface area contributed by atoms with Gasteiger partial charge in [0.2, 0.25) is 5.91 Å². The number of carbonyl (C=O) groups is 1. The molecule has 0 aromatic rings. The largest absolute Gasteiger partial charge is 0.353 e. The van der Waals surface area contributed by atoms with Crippen molar-refractivity contribution < 1.29 is 4.79 Å². The van der Waals surface area contributed by atoms with Crippen molar-refractivity contribution in [3.05, 3.63) is 0 Å². The van der Waals surface area contributed by atoms with Crippen LogP contribution in [-0.4, -0.2) is 24.5 Å². The number of carbonyl (C=O) groups excluding carboxylic acids is 1. The topological polar surface area (TPSA) is 41.1 Å². The Morgan fingerprint density at radius 3 is 2.50 bits per heavy atom. The van der Waals surface area contributed by atoms with E-state index in [2.05, 4.69) is 24.5 Å². The van der Waals surface area contributed by atoms with Gasteiger partial charge in [-0.05, 0) is 37.5 Å². The van der Waals surface area contributed by atoms with Gasteiger partial charge in [0.05, 0.1) is 0 Å². The van der Waals surface area contributed by atoms with Crippen molar-refractivity contribution in [2.45, 2.75) is 58.0 Å². The average Bonchev–Trinajstić information content (AvgIpc) is 3.01. The van der Waals surface area contributed by atoms with Crippen LogP contribution in [0.4, 0.5) is 0 Å². The van der Waals surface area contributed by atoms with E-state index in [1.807, 2.05) is 0 Å². The SMILES string of the molecule is CC1CCC(NC(=O)CCNC2CC2)C1C. The Balaban J connectivity index is 1.62. The highest BCUT2D eigenvalue weighted by molar-refractivity contribution is 5.76. The molecule has 0 aromatic carbocycles. The molecular formula is C13H24N2O. The van der Waals surface area contributed by atoms with E-state index in [4.69, 9.17) is 0 Å². The van der Waals surface area contributed by atoms with Crippen LogP contribution in [0.5, 0.6) is 0 Å². The molecule has 16 heavy (non-hydrogen) atoms. The highest BCUT2D eigenvalue weighted by Crippen LogP contribution is 2.31. The Morgan fingerprint density at radius 2 is 1.94 bits per heavy atom. The number of hydrogen-bond acceptors (Lipinski definition) is 2. The highest BCUT2D eigenvalue weighted by Gasteiger charge is 2.30. The summed E-state index contributed by atoms with van der Waals surface area (Å²) in [7, 11) is 0. The lowest BCUT2D eigenvalue weighted by Gasteiger charge is -2.19. The van der Waals surface area contributed by atoms with E-state index in [1.165, 1.54) is 19.3 Å². The van der Waals surface area contributed by atoms with Crippen molar-refractivity contribution in [3.8, 4) is 0 Å². The quantitative estimate of drug-likeness (QED) is 0.746. The third-order valence-electron chi connectivity index (χ3n) is 4.17. The van der Waals surface area contributed by atoms with Crippen LogP contribution in [0.25, 0.3) is 0 Å². The third-order valence-corrected chi connectivity index (χ3v) is 4.17. The minimum absolute atomic E-state index is 0.221. The molecule has 2 fully saturated rings.